The van der Waals surface area contributed by atoms with Crippen molar-refractivity contribution in [2.75, 3.05) is 7.11 Å². The average molecular weight is 229 g/mol. The van der Waals surface area contributed by atoms with E-state index in [4.69, 9.17) is 10.5 Å². The van der Waals surface area contributed by atoms with Crippen LogP contribution in [-0.4, -0.2) is 23.2 Å². The molecular formula is C12H11N3O2. The second kappa shape index (κ2) is 4.61. The van der Waals surface area contributed by atoms with Crippen LogP contribution in [-0.2, 0) is 0 Å². The van der Waals surface area contributed by atoms with Crippen molar-refractivity contribution in [3.05, 3.63) is 42.2 Å². The molecule has 0 fully saturated rings. The second-order valence-electron chi connectivity index (χ2n) is 3.39. The Morgan fingerprint density at radius 3 is 2.53 bits per heavy atom. The number of carbonyl (C=O) groups excluding carboxylic acids is 1. The van der Waals surface area contributed by atoms with Crippen LogP contribution in [0, 0.1) is 0 Å². The van der Waals surface area contributed by atoms with Gasteiger partial charge in [0, 0.05) is 5.56 Å². The van der Waals surface area contributed by atoms with Gasteiger partial charge in [-0.25, -0.2) is 0 Å². The summed E-state index contributed by atoms with van der Waals surface area (Å²) in [5, 5.41) is 7.39. The maximum absolute atomic E-state index is 11.2. The molecule has 1 amide bonds. The quantitative estimate of drug-likeness (QED) is 0.859. The van der Waals surface area contributed by atoms with Crippen molar-refractivity contribution < 1.29 is 9.53 Å². The smallest absolute Gasteiger partial charge is 0.269 e. The molecule has 1 aromatic carbocycles. The van der Waals surface area contributed by atoms with Crippen molar-refractivity contribution in [1.82, 2.24) is 10.2 Å². The molecular weight excluding hydrogens is 218 g/mol. The van der Waals surface area contributed by atoms with Gasteiger partial charge >= 0.3 is 0 Å². The average Bonchev–Trinajstić information content (AvgIpc) is 2.39. The summed E-state index contributed by atoms with van der Waals surface area (Å²) in [6.45, 7) is 0. The molecule has 0 aliphatic carbocycles. The number of rotatable bonds is 3. The zero-order chi connectivity index (χ0) is 12.3. The molecule has 0 aliphatic heterocycles. The van der Waals surface area contributed by atoms with Crippen molar-refractivity contribution >= 4 is 5.91 Å². The maximum Gasteiger partial charge on any atom is 0.269 e. The van der Waals surface area contributed by atoms with E-state index in [-0.39, 0.29) is 5.69 Å². The van der Waals surface area contributed by atoms with Crippen LogP contribution >= 0.6 is 0 Å². The van der Waals surface area contributed by atoms with Crippen LogP contribution in [0.15, 0.2) is 36.5 Å². The Balaban J connectivity index is 2.48. The Morgan fingerprint density at radius 1 is 1.24 bits per heavy atom. The van der Waals surface area contributed by atoms with Gasteiger partial charge < -0.3 is 10.5 Å². The van der Waals surface area contributed by atoms with Gasteiger partial charge in [-0.3, -0.25) is 4.79 Å². The zero-order valence-corrected chi connectivity index (χ0v) is 9.25. The van der Waals surface area contributed by atoms with Crippen molar-refractivity contribution in [2.24, 2.45) is 5.73 Å². The summed E-state index contributed by atoms with van der Waals surface area (Å²) in [7, 11) is 1.60. The lowest BCUT2D eigenvalue weighted by Gasteiger charge is -2.05. The van der Waals surface area contributed by atoms with Crippen LogP contribution in [0.4, 0.5) is 0 Å². The third kappa shape index (κ3) is 2.23. The highest BCUT2D eigenvalue weighted by Gasteiger charge is 2.11. The molecule has 0 saturated heterocycles. The lowest BCUT2D eigenvalue weighted by molar-refractivity contribution is 0.0995. The summed E-state index contributed by atoms with van der Waals surface area (Å²) in [5.74, 6) is 0.153. The van der Waals surface area contributed by atoms with Gasteiger partial charge in [0.15, 0.2) is 5.69 Å². The Morgan fingerprint density at radius 2 is 1.94 bits per heavy atom. The molecule has 1 aromatic heterocycles. The molecule has 0 saturated carbocycles. The van der Waals surface area contributed by atoms with Crippen molar-refractivity contribution in [3.8, 4) is 16.9 Å². The molecule has 0 radical (unpaired) electrons. The first-order valence-corrected chi connectivity index (χ1v) is 4.98. The van der Waals surface area contributed by atoms with Crippen LogP contribution in [0.3, 0.4) is 0 Å². The van der Waals surface area contributed by atoms with Gasteiger partial charge in [0.05, 0.1) is 13.3 Å². The summed E-state index contributed by atoms with van der Waals surface area (Å²) in [6.07, 6.45) is 1.52. The van der Waals surface area contributed by atoms with E-state index in [0.29, 0.717) is 5.56 Å². The highest BCUT2D eigenvalue weighted by atomic mass is 16.5. The van der Waals surface area contributed by atoms with E-state index in [1.807, 2.05) is 12.1 Å². The van der Waals surface area contributed by atoms with Crippen molar-refractivity contribution in [1.29, 1.82) is 0 Å². The minimum atomic E-state index is -0.594. The SMILES string of the molecule is COc1ccc(-c2ccnnc2C(N)=O)cc1. The second-order valence-corrected chi connectivity index (χ2v) is 3.39. The van der Waals surface area contributed by atoms with Crippen LogP contribution in [0.5, 0.6) is 5.75 Å². The summed E-state index contributed by atoms with van der Waals surface area (Å²) >= 11 is 0. The molecule has 0 unspecified atom stereocenters. The fourth-order valence-electron chi connectivity index (χ4n) is 1.52. The Labute approximate surface area is 98.2 Å². The van der Waals surface area contributed by atoms with E-state index in [2.05, 4.69) is 10.2 Å². The maximum atomic E-state index is 11.2. The number of nitrogens with zero attached hydrogens (tertiary/aromatic N) is 2. The molecule has 2 N–H and O–H groups in total. The first kappa shape index (κ1) is 11.1. The van der Waals surface area contributed by atoms with Crippen LogP contribution in [0.25, 0.3) is 11.1 Å². The summed E-state index contributed by atoms with van der Waals surface area (Å²) in [5.41, 5.74) is 6.91. The molecule has 17 heavy (non-hydrogen) atoms. The lowest BCUT2D eigenvalue weighted by Crippen LogP contribution is -2.15. The van der Waals surface area contributed by atoms with Gasteiger partial charge in [0.25, 0.3) is 5.91 Å². The Kier molecular flexibility index (Phi) is 3.00. The topological polar surface area (TPSA) is 78.1 Å². The largest absolute Gasteiger partial charge is 0.497 e. The molecule has 1 heterocycles. The van der Waals surface area contributed by atoms with Gasteiger partial charge in [-0.1, -0.05) is 12.1 Å². The predicted octanol–water partition coefficient (Wildman–Crippen LogP) is 1.25. The predicted molar refractivity (Wildman–Crippen MR) is 62.5 cm³/mol. The fraction of sp³-hybridized carbons (Fsp3) is 0.0833. The first-order chi connectivity index (χ1) is 8.22. The number of carbonyl (C=O) groups is 1. The first-order valence-electron chi connectivity index (χ1n) is 4.98. The van der Waals surface area contributed by atoms with Crippen LogP contribution in [0.1, 0.15) is 10.5 Å². The van der Waals surface area contributed by atoms with E-state index in [1.165, 1.54) is 6.20 Å². The molecule has 0 atom stereocenters. The third-order valence-corrected chi connectivity index (χ3v) is 2.36. The Hall–Kier alpha value is -2.43. The van der Waals surface area contributed by atoms with Gasteiger partial charge in [-0.05, 0) is 23.8 Å². The number of aromatic nitrogens is 2. The summed E-state index contributed by atoms with van der Waals surface area (Å²) < 4.78 is 5.06. The third-order valence-electron chi connectivity index (χ3n) is 2.36. The van der Waals surface area contributed by atoms with E-state index in [1.54, 1.807) is 25.3 Å². The molecule has 5 nitrogen and oxygen atoms in total. The Bertz CT molecular complexity index is 538. The minimum Gasteiger partial charge on any atom is -0.497 e. The number of amides is 1. The van der Waals surface area contributed by atoms with E-state index < -0.39 is 5.91 Å². The molecule has 2 aromatic rings. The van der Waals surface area contributed by atoms with Gasteiger partial charge in [0.1, 0.15) is 5.75 Å². The number of hydrogen-bond acceptors (Lipinski definition) is 4. The minimum absolute atomic E-state index is 0.165. The summed E-state index contributed by atoms with van der Waals surface area (Å²) in [6, 6.07) is 8.99. The highest BCUT2D eigenvalue weighted by molar-refractivity contribution is 5.97. The lowest BCUT2D eigenvalue weighted by atomic mass is 10.0. The highest BCUT2D eigenvalue weighted by Crippen LogP contribution is 2.23. The molecule has 0 aliphatic rings. The number of benzene rings is 1. The van der Waals surface area contributed by atoms with Gasteiger partial charge in [-0.15, -0.1) is 5.10 Å². The summed E-state index contributed by atoms with van der Waals surface area (Å²) in [4.78, 5) is 11.2. The number of primary amides is 1. The van der Waals surface area contributed by atoms with Crippen LogP contribution < -0.4 is 10.5 Å². The number of methoxy groups -OCH3 is 1. The molecule has 2 rings (SSSR count). The van der Waals surface area contributed by atoms with Gasteiger partial charge in [-0.2, -0.15) is 5.10 Å². The number of ether oxygens (including phenoxy) is 1. The molecule has 0 spiro atoms. The van der Waals surface area contributed by atoms with E-state index in [9.17, 15) is 4.79 Å². The number of nitrogens with two attached hydrogens (primary N) is 1. The van der Waals surface area contributed by atoms with Crippen LogP contribution in [0.2, 0.25) is 0 Å². The fourth-order valence-corrected chi connectivity index (χ4v) is 1.52. The van der Waals surface area contributed by atoms with E-state index >= 15 is 0 Å². The molecule has 0 bridgehead atoms. The molecule has 5 heteroatoms. The van der Waals surface area contributed by atoms with Crippen molar-refractivity contribution in [2.45, 2.75) is 0 Å². The standard InChI is InChI=1S/C12H11N3O2/c1-17-9-4-2-8(3-5-9)10-6-7-14-15-11(10)12(13)16/h2-7H,1H3,(H2,13,16). The van der Waals surface area contributed by atoms with Crippen molar-refractivity contribution in [3.63, 3.8) is 0 Å². The molecule has 86 valence electrons. The van der Waals surface area contributed by atoms with E-state index in [0.717, 1.165) is 11.3 Å². The normalized spacial score (nSPS) is 9.94. The van der Waals surface area contributed by atoms with Gasteiger partial charge in [0.2, 0.25) is 0 Å². The zero-order valence-electron chi connectivity index (χ0n) is 9.25. The monoisotopic (exact) mass is 229 g/mol. The number of hydrogen-bond donors (Lipinski definition) is 1.